The number of pyridine rings is 1. The van der Waals surface area contributed by atoms with Crippen LogP contribution < -0.4 is 5.32 Å². The first-order valence-electron chi connectivity index (χ1n) is 5.82. The second-order valence-corrected chi connectivity index (χ2v) is 5.56. The molecule has 100 valence electrons. The van der Waals surface area contributed by atoms with Crippen molar-refractivity contribution in [2.45, 2.75) is 25.9 Å². The molecule has 1 rings (SSSR count). The SMILES string of the molecule is CSCC(C)(O)CNC(=O)Cc1ccc(C)nc1. The molecule has 0 spiro atoms. The molecule has 4 nitrogen and oxygen atoms in total. The van der Waals surface area contributed by atoms with Crippen LogP contribution in [0.5, 0.6) is 0 Å². The van der Waals surface area contributed by atoms with Crippen molar-refractivity contribution in [3.63, 3.8) is 0 Å². The molecule has 18 heavy (non-hydrogen) atoms. The highest BCUT2D eigenvalue weighted by atomic mass is 32.2. The molecule has 0 aliphatic carbocycles. The summed E-state index contributed by atoms with van der Waals surface area (Å²) >= 11 is 1.55. The number of aryl methyl sites for hydroxylation is 1. The summed E-state index contributed by atoms with van der Waals surface area (Å²) in [4.78, 5) is 15.8. The fourth-order valence-corrected chi connectivity index (χ4v) is 2.23. The second-order valence-electron chi connectivity index (χ2n) is 4.69. The molecule has 1 heterocycles. The Morgan fingerprint density at radius 3 is 2.83 bits per heavy atom. The van der Waals surface area contributed by atoms with Crippen molar-refractivity contribution in [2.24, 2.45) is 0 Å². The van der Waals surface area contributed by atoms with Gasteiger partial charge in [-0.2, -0.15) is 11.8 Å². The largest absolute Gasteiger partial charge is 0.387 e. The van der Waals surface area contributed by atoms with E-state index in [9.17, 15) is 9.90 Å². The number of aliphatic hydroxyl groups is 1. The molecule has 1 atom stereocenters. The highest BCUT2D eigenvalue weighted by molar-refractivity contribution is 7.98. The summed E-state index contributed by atoms with van der Waals surface area (Å²) in [5, 5.41) is 12.7. The highest BCUT2D eigenvalue weighted by Gasteiger charge is 2.20. The summed E-state index contributed by atoms with van der Waals surface area (Å²) in [5.74, 6) is 0.501. The van der Waals surface area contributed by atoms with Crippen LogP contribution >= 0.6 is 11.8 Å². The fourth-order valence-electron chi connectivity index (χ4n) is 1.50. The van der Waals surface area contributed by atoms with E-state index in [0.717, 1.165) is 11.3 Å². The van der Waals surface area contributed by atoms with Crippen LogP contribution in [-0.4, -0.2) is 40.2 Å². The summed E-state index contributed by atoms with van der Waals surface area (Å²) in [6.45, 7) is 3.90. The normalized spacial score (nSPS) is 14.0. The molecule has 1 unspecified atom stereocenters. The molecular weight excluding hydrogens is 248 g/mol. The van der Waals surface area contributed by atoms with Gasteiger partial charge in [0.2, 0.25) is 5.91 Å². The van der Waals surface area contributed by atoms with Gasteiger partial charge in [-0.15, -0.1) is 0 Å². The summed E-state index contributed by atoms with van der Waals surface area (Å²) in [5.41, 5.74) is 0.949. The number of nitrogens with one attached hydrogen (secondary N) is 1. The number of carbonyl (C=O) groups excluding carboxylic acids is 1. The van der Waals surface area contributed by atoms with Gasteiger partial charge in [0.1, 0.15) is 0 Å². The van der Waals surface area contributed by atoms with E-state index in [4.69, 9.17) is 0 Å². The quantitative estimate of drug-likeness (QED) is 0.813. The van der Waals surface area contributed by atoms with Gasteiger partial charge in [-0.05, 0) is 31.7 Å². The number of aromatic nitrogens is 1. The molecule has 1 amide bonds. The lowest BCUT2D eigenvalue weighted by Gasteiger charge is -2.22. The molecular formula is C13H20N2O2S. The van der Waals surface area contributed by atoms with Crippen molar-refractivity contribution in [1.29, 1.82) is 0 Å². The van der Waals surface area contributed by atoms with E-state index in [0.29, 0.717) is 12.2 Å². The summed E-state index contributed by atoms with van der Waals surface area (Å²) in [6, 6.07) is 3.77. The predicted octanol–water partition coefficient (Wildman–Crippen LogP) is 1.16. The van der Waals surface area contributed by atoms with Crippen LogP contribution in [0, 0.1) is 6.92 Å². The Bertz CT molecular complexity index is 390. The van der Waals surface area contributed by atoms with Gasteiger partial charge in [0, 0.05) is 24.2 Å². The number of carbonyl (C=O) groups is 1. The minimum atomic E-state index is -0.861. The Morgan fingerprint density at radius 2 is 2.28 bits per heavy atom. The molecule has 2 N–H and O–H groups in total. The third-order valence-corrected chi connectivity index (χ3v) is 3.37. The Hall–Kier alpha value is -1.07. The summed E-state index contributed by atoms with van der Waals surface area (Å²) < 4.78 is 0. The molecule has 0 aromatic carbocycles. The molecule has 1 aromatic rings. The maximum atomic E-state index is 11.7. The van der Waals surface area contributed by atoms with E-state index in [2.05, 4.69) is 10.3 Å². The standard InChI is InChI=1S/C13H20N2O2S/c1-10-4-5-11(7-14-10)6-12(16)15-8-13(2,17)9-18-3/h4-5,7,17H,6,8-9H2,1-3H3,(H,15,16). The van der Waals surface area contributed by atoms with Gasteiger partial charge in [0.25, 0.3) is 0 Å². The number of thioether (sulfide) groups is 1. The lowest BCUT2D eigenvalue weighted by Crippen LogP contribution is -2.42. The Balaban J connectivity index is 2.40. The van der Waals surface area contributed by atoms with Gasteiger partial charge in [0.05, 0.1) is 12.0 Å². The van der Waals surface area contributed by atoms with Crippen LogP contribution in [0.2, 0.25) is 0 Å². The number of hydrogen-bond donors (Lipinski definition) is 2. The maximum absolute atomic E-state index is 11.7. The van der Waals surface area contributed by atoms with E-state index in [1.807, 2.05) is 25.3 Å². The number of rotatable bonds is 6. The smallest absolute Gasteiger partial charge is 0.224 e. The molecule has 0 saturated heterocycles. The molecule has 0 saturated carbocycles. The van der Waals surface area contributed by atoms with Crippen LogP contribution in [0.25, 0.3) is 0 Å². The molecule has 0 radical (unpaired) electrons. The van der Waals surface area contributed by atoms with Gasteiger partial charge in [0.15, 0.2) is 0 Å². The molecule has 1 aromatic heterocycles. The van der Waals surface area contributed by atoms with E-state index < -0.39 is 5.60 Å². The molecule has 0 fully saturated rings. The molecule has 0 bridgehead atoms. The van der Waals surface area contributed by atoms with Crippen molar-refractivity contribution in [3.8, 4) is 0 Å². The summed E-state index contributed by atoms with van der Waals surface area (Å²) in [6.07, 6.45) is 3.92. The van der Waals surface area contributed by atoms with Crippen LogP contribution in [0.1, 0.15) is 18.2 Å². The zero-order chi connectivity index (χ0) is 13.6. The van der Waals surface area contributed by atoms with Crippen molar-refractivity contribution in [3.05, 3.63) is 29.6 Å². The van der Waals surface area contributed by atoms with Gasteiger partial charge in [-0.25, -0.2) is 0 Å². The molecule has 0 aliphatic rings. The zero-order valence-corrected chi connectivity index (χ0v) is 11.9. The number of amides is 1. The van der Waals surface area contributed by atoms with Crippen LogP contribution in [0.4, 0.5) is 0 Å². The monoisotopic (exact) mass is 268 g/mol. The van der Waals surface area contributed by atoms with Crippen molar-refractivity contribution in [1.82, 2.24) is 10.3 Å². The van der Waals surface area contributed by atoms with Gasteiger partial charge in [-0.1, -0.05) is 6.07 Å². The van der Waals surface area contributed by atoms with Crippen LogP contribution in [0.3, 0.4) is 0 Å². The van der Waals surface area contributed by atoms with E-state index in [-0.39, 0.29) is 12.5 Å². The average molecular weight is 268 g/mol. The lowest BCUT2D eigenvalue weighted by molar-refractivity contribution is -0.121. The second kappa shape index (κ2) is 6.75. The first-order valence-corrected chi connectivity index (χ1v) is 7.22. The first kappa shape index (κ1) is 15.0. The minimum Gasteiger partial charge on any atom is -0.387 e. The predicted molar refractivity (Wildman–Crippen MR) is 74.7 cm³/mol. The average Bonchev–Trinajstić information content (AvgIpc) is 2.30. The van der Waals surface area contributed by atoms with Crippen LogP contribution in [-0.2, 0) is 11.2 Å². The minimum absolute atomic E-state index is 0.0953. The van der Waals surface area contributed by atoms with Gasteiger partial charge >= 0.3 is 0 Å². The van der Waals surface area contributed by atoms with E-state index >= 15 is 0 Å². The Labute approximate surface area is 112 Å². The Kier molecular flexibility index (Phi) is 5.62. The van der Waals surface area contributed by atoms with Gasteiger partial charge in [-0.3, -0.25) is 9.78 Å². The third kappa shape index (κ3) is 5.51. The maximum Gasteiger partial charge on any atom is 0.224 e. The highest BCUT2D eigenvalue weighted by Crippen LogP contribution is 2.09. The first-order chi connectivity index (χ1) is 8.43. The topological polar surface area (TPSA) is 62.2 Å². The van der Waals surface area contributed by atoms with Crippen molar-refractivity contribution >= 4 is 17.7 Å². The number of nitrogens with zero attached hydrogens (tertiary/aromatic N) is 1. The van der Waals surface area contributed by atoms with Crippen LogP contribution in [0.15, 0.2) is 18.3 Å². The van der Waals surface area contributed by atoms with Crippen molar-refractivity contribution < 1.29 is 9.90 Å². The van der Waals surface area contributed by atoms with Gasteiger partial charge < -0.3 is 10.4 Å². The molecule has 0 aliphatic heterocycles. The molecule has 5 heteroatoms. The van der Waals surface area contributed by atoms with Crippen molar-refractivity contribution in [2.75, 3.05) is 18.6 Å². The third-order valence-electron chi connectivity index (χ3n) is 2.46. The fraction of sp³-hybridized carbons (Fsp3) is 0.538. The summed E-state index contributed by atoms with van der Waals surface area (Å²) in [7, 11) is 0. The number of hydrogen-bond acceptors (Lipinski definition) is 4. The Morgan fingerprint density at radius 1 is 1.56 bits per heavy atom. The zero-order valence-electron chi connectivity index (χ0n) is 11.1. The van der Waals surface area contributed by atoms with E-state index in [1.54, 1.807) is 24.9 Å². The lowest BCUT2D eigenvalue weighted by atomic mass is 10.1. The van der Waals surface area contributed by atoms with E-state index in [1.165, 1.54) is 0 Å².